The first-order valence-electron chi connectivity index (χ1n) is 6.09. The summed E-state index contributed by atoms with van der Waals surface area (Å²) in [6, 6.07) is 0. The number of benzene rings is 1. The van der Waals surface area contributed by atoms with E-state index in [1.54, 1.807) is 0 Å². The maximum absolute atomic E-state index is 10.1. The molecule has 3 rings (SSSR count). The summed E-state index contributed by atoms with van der Waals surface area (Å²) in [6.45, 7) is 1.42. The van der Waals surface area contributed by atoms with Crippen LogP contribution in [-0.2, 0) is 19.3 Å². The highest BCUT2D eigenvalue weighted by atomic mass is 16.5. The van der Waals surface area contributed by atoms with Gasteiger partial charge in [0.15, 0.2) is 11.5 Å². The Morgan fingerprint density at radius 1 is 1.00 bits per heavy atom. The van der Waals surface area contributed by atoms with Crippen LogP contribution < -0.4 is 9.47 Å². The molecule has 1 aromatic carbocycles. The van der Waals surface area contributed by atoms with Crippen LogP contribution in [0.3, 0.4) is 0 Å². The molecule has 2 heterocycles. The third-order valence-corrected chi connectivity index (χ3v) is 3.47. The van der Waals surface area contributed by atoms with Crippen LogP contribution in [0.4, 0.5) is 0 Å². The zero-order valence-electron chi connectivity index (χ0n) is 9.66. The topological polar surface area (TPSA) is 58.9 Å². The zero-order valence-corrected chi connectivity index (χ0v) is 9.66. The van der Waals surface area contributed by atoms with E-state index in [1.807, 2.05) is 0 Å². The van der Waals surface area contributed by atoms with Crippen molar-refractivity contribution >= 4 is 0 Å². The van der Waals surface area contributed by atoms with E-state index in [0.29, 0.717) is 25.4 Å². The summed E-state index contributed by atoms with van der Waals surface area (Å²) in [5, 5.41) is 19.1. The monoisotopic (exact) mass is 236 g/mol. The van der Waals surface area contributed by atoms with Gasteiger partial charge in [-0.15, -0.1) is 0 Å². The fourth-order valence-corrected chi connectivity index (χ4v) is 2.70. The molecule has 0 aliphatic carbocycles. The molecule has 0 unspecified atom stereocenters. The van der Waals surface area contributed by atoms with E-state index in [4.69, 9.17) is 14.6 Å². The molecule has 0 amide bonds. The smallest absolute Gasteiger partial charge is 0.165 e. The summed E-state index contributed by atoms with van der Waals surface area (Å²) in [7, 11) is 0. The van der Waals surface area contributed by atoms with Crippen molar-refractivity contribution in [1.29, 1.82) is 0 Å². The quantitative estimate of drug-likeness (QED) is 0.827. The number of aromatic hydroxyl groups is 1. The van der Waals surface area contributed by atoms with E-state index >= 15 is 0 Å². The van der Waals surface area contributed by atoms with Crippen LogP contribution in [-0.4, -0.2) is 30.0 Å². The average Bonchev–Trinajstić information content (AvgIpc) is 2.97. The third-order valence-electron chi connectivity index (χ3n) is 3.47. The van der Waals surface area contributed by atoms with Crippen LogP contribution in [0, 0.1) is 0 Å². The van der Waals surface area contributed by atoms with Gasteiger partial charge in [-0.1, -0.05) is 0 Å². The summed E-state index contributed by atoms with van der Waals surface area (Å²) in [4.78, 5) is 0. The predicted molar refractivity (Wildman–Crippen MR) is 61.9 cm³/mol. The molecule has 4 heteroatoms. The van der Waals surface area contributed by atoms with Gasteiger partial charge in [0.05, 0.1) is 13.2 Å². The number of rotatable bonds is 3. The van der Waals surface area contributed by atoms with Crippen molar-refractivity contribution in [3.63, 3.8) is 0 Å². The normalized spacial score (nSPS) is 16.3. The van der Waals surface area contributed by atoms with Crippen LogP contribution in [0.1, 0.15) is 23.1 Å². The second-order valence-corrected chi connectivity index (χ2v) is 4.47. The molecule has 0 saturated carbocycles. The molecule has 0 aromatic heterocycles. The minimum absolute atomic E-state index is 0.172. The van der Waals surface area contributed by atoms with Gasteiger partial charge in [-0.3, -0.25) is 0 Å². The Kier molecular flexibility index (Phi) is 2.59. The molecular weight excluding hydrogens is 220 g/mol. The van der Waals surface area contributed by atoms with Gasteiger partial charge < -0.3 is 19.7 Å². The van der Waals surface area contributed by atoms with Crippen LogP contribution in [0.25, 0.3) is 0 Å². The maximum Gasteiger partial charge on any atom is 0.165 e. The molecule has 0 bridgehead atoms. The first kappa shape index (κ1) is 10.7. The van der Waals surface area contributed by atoms with Crippen molar-refractivity contribution in [2.75, 3.05) is 19.8 Å². The minimum Gasteiger partial charge on any atom is -0.504 e. The summed E-state index contributed by atoms with van der Waals surface area (Å²) in [5.74, 6) is 1.74. The average molecular weight is 236 g/mol. The second kappa shape index (κ2) is 4.11. The van der Waals surface area contributed by atoms with Crippen LogP contribution >= 0.6 is 0 Å². The lowest BCUT2D eigenvalue weighted by atomic mass is 9.95. The first-order valence-corrected chi connectivity index (χ1v) is 6.09. The number of hydrogen-bond donors (Lipinski definition) is 2. The number of fused-ring (bicyclic) bond motifs is 2. The van der Waals surface area contributed by atoms with Crippen molar-refractivity contribution in [3.8, 4) is 17.2 Å². The summed E-state index contributed by atoms with van der Waals surface area (Å²) < 4.78 is 11.1. The van der Waals surface area contributed by atoms with E-state index < -0.39 is 0 Å². The van der Waals surface area contributed by atoms with Gasteiger partial charge in [-0.05, 0) is 12.8 Å². The van der Waals surface area contributed by atoms with E-state index in [9.17, 15) is 5.11 Å². The molecule has 17 heavy (non-hydrogen) atoms. The van der Waals surface area contributed by atoms with Crippen molar-refractivity contribution in [2.24, 2.45) is 0 Å². The summed E-state index contributed by atoms with van der Waals surface area (Å²) in [6.07, 6.45) is 3.06. The highest BCUT2D eigenvalue weighted by Crippen LogP contribution is 2.48. The Hall–Kier alpha value is -1.42. The van der Waals surface area contributed by atoms with Gasteiger partial charge in [-0.2, -0.15) is 0 Å². The van der Waals surface area contributed by atoms with Crippen molar-refractivity contribution in [1.82, 2.24) is 0 Å². The Bertz CT molecular complexity index is 418. The fourth-order valence-electron chi connectivity index (χ4n) is 2.70. The molecule has 0 radical (unpaired) electrons. The Balaban J connectivity index is 2.12. The Morgan fingerprint density at radius 3 is 2.47 bits per heavy atom. The molecule has 92 valence electrons. The van der Waals surface area contributed by atoms with Gasteiger partial charge in [-0.25, -0.2) is 0 Å². The maximum atomic E-state index is 10.1. The van der Waals surface area contributed by atoms with Crippen molar-refractivity contribution < 1.29 is 19.7 Å². The predicted octanol–water partition coefficient (Wildman–Crippen LogP) is 1.19. The first-order chi connectivity index (χ1) is 8.33. The molecular formula is C13H16O4. The molecule has 0 fully saturated rings. The molecule has 2 aliphatic heterocycles. The lowest BCUT2D eigenvalue weighted by molar-refractivity contribution is 0.287. The number of phenolic OH excluding ortho intramolecular Hbond substituents is 1. The Morgan fingerprint density at radius 2 is 1.71 bits per heavy atom. The molecule has 0 spiro atoms. The van der Waals surface area contributed by atoms with E-state index in [0.717, 1.165) is 41.7 Å². The van der Waals surface area contributed by atoms with Gasteiger partial charge in [0.2, 0.25) is 0 Å². The number of hydrogen-bond acceptors (Lipinski definition) is 4. The summed E-state index contributed by atoms with van der Waals surface area (Å²) >= 11 is 0. The lowest BCUT2D eigenvalue weighted by Crippen LogP contribution is -1.99. The number of aliphatic hydroxyl groups excluding tert-OH is 1. The second-order valence-electron chi connectivity index (χ2n) is 4.47. The molecule has 2 aliphatic rings. The van der Waals surface area contributed by atoms with Crippen LogP contribution in [0.5, 0.6) is 17.2 Å². The zero-order chi connectivity index (χ0) is 11.8. The standard InChI is InChI=1S/C13H16O4/c14-5-1-2-8-9-3-6-17-13(9)11(15)10-4-7-16-12(8)10/h14-15H,1-7H2. The third kappa shape index (κ3) is 1.55. The highest BCUT2D eigenvalue weighted by Gasteiger charge is 2.30. The summed E-state index contributed by atoms with van der Waals surface area (Å²) in [5.41, 5.74) is 3.06. The van der Waals surface area contributed by atoms with E-state index in [-0.39, 0.29) is 12.4 Å². The van der Waals surface area contributed by atoms with Gasteiger partial charge >= 0.3 is 0 Å². The van der Waals surface area contributed by atoms with Crippen LogP contribution in [0.15, 0.2) is 0 Å². The molecule has 2 N–H and O–H groups in total. The Labute approximate surface area is 99.8 Å². The van der Waals surface area contributed by atoms with Gasteiger partial charge in [0.1, 0.15) is 5.75 Å². The van der Waals surface area contributed by atoms with Gasteiger partial charge in [0.25, 0.3) is 0 Å². The SMILES string of the molecule is OCCCc1c2c(c(O)c3c1OCC3)OCC2. The molecule has 0 atom stereocenters. The highest BCUT2D eigenvalue weighted by molar-refractivity contribution is 5.64. The van der Waals surface area contributed by atoms with Crippen molar-refractivity contribution in [2.45, 2.75) is 25.7 Å². The molecule has 1 aromatic rings. The number of aliphatic hydroxyl groups is 1. The number of ether oxygens (including phenoxy) is 2. The minimum atomic E-state index is 0.172. The van der Waals surface area contributed by atoms with E-state index in [2.05, 4.69) is 0 Å². The molecule has 4 nitrogen and oxygen atoms in total. The largest absolute Gasteiger partial charge is 0.504 e. The van der Waals surface area contributed by atoms with Crippen molar-refractivity contribution in [3.05, 3.63) is 16.7 Å². The number of phenols is 1. The van der Waals surface area contributed by atoms with Crippen LogP contribution in [0.2, 0.25) is 0 Å². The van der Waals surface area contributed by atoms with E-state index in [1.165, 1.54) is 0 Å². The molecule has 0 saturated heterocycles. The fraction of sp³-hybridized carbons (Fsp3) is 0.538. The van der Waals surface area contributed by atoms with Gasteiger partial charge in [0, 0.05) is 36.1 Å². The lowest BCUT2D eigenvalue weighted by Gasteiger charge is -2.14.